The summed E-state index contributed by atoms with van der Waals surface area (Å²) in [6, 6.07) is 0. The lowest BCUT2D eigenvalue weighted by molar-refractivity contribution is -0.157. The van der Waals surface area contributed by atoms with E-state index in [0.29, 0.717) is 6.61 Å². The molecule has 0 aliphatic carbocycles. The summed E-state index contributed by atoms with van der Waals surface area (Å²) in [5.74, 6) is 1.84. The van der Waals surface area contributed by atoms with E-state index in [-0.39, 0.29) is 12.7 Å². The molecule has 108 valence electrons. The number of aliphatic hydroxyl groups excluding tert-OH is 1. The van der Waals surface area contributed by atoms with Crippen molar-refractivity contribution in [3.63, 3.8) is 0 Å². The fourth-order valence-electron chi connectivity index (χ4n) is 2.08. The third-order valence-electron chi connectivity index (χ3n) is 3.29. The van der Waals surface area contributed by atoms with Crippen molar-refractivity contribution < 1.29 is 14.6 Å². The maximum absolute atomic E-state index is 9.00. The second-order valence-corrected chi connectivity index (χ2v) is 6.37. The van der Waals surface area contributed by atoms with Crippen molar-refractivity contribution in [2.75, 3.05) is 24.7 Å². The van der Waals surface area contributed by atoms with Crippen LogP contribution in [0.2, 0.25) is 0 Å². The standard InChI is InChI=1S/C14H28O3S/c1-3-4-5-6-7-9-18-10-8-14(2)16-12-13(11-15)17-14/h13,15H,3-12H2,1-2H3. The summed E-state index contributed by atoms with van der Waals surface area (Å²) in [6.07, 6.45) is 7.51. The smallest absolute Gasteiger partial charge is 0.167 e. The van der Waals surface area contributed by atoms with Crippen LogP contribution in [0.15, 0.2) is 0 Å². The maximum Gasteiger partial charge on any atom is 0.167 e. The van der Waals surface area contributed by atoms with Crippen LogP contribution in [0, 0.1) is 0 Å². The summed E-state index contributed by atoms with van der Waals surface area (Å²) in [5.41, 5.74) is 0. The van der Waals surface area contributed by atoms with Crippen LogP contribution >= 0.6 is 11.8 Å². The quantitative estimate of drug-likeness (QED) is 0.622. The lowest BCUT2D eigenvalue weighted by atomic mass is 10.2. The van der Waals surface area contributed by atoms with E-state index in [1.165, 1.54) is 37.9 Å². The average Bonchev–Trinajstić information content (AvgIpc) is 2.75. The second kappa shape index (κ2) is 9.18. The van der Waals surface area contributed by atoms with Crippen LogP contribution in [0.1, 0.15) is 52.4 Å². The van der Waals surface area contributed by atoms with E-state index in [0.717, 1.165) is 12.2 Å². The van der Waals surface area contributed by atoms with Crippen LogP contribution in [0.3, 0.4) is 0 Å². The number of hydrogen-bond acceptors (Lipinski definition) is 4. The zero-order valence-electron chi connectivity index (χ0n) is 11.8. The molecule has 1 aliphatic heterocycles. The molecule has 1 rings (SSSR count). The Hall–Kier alpha value is 0.230. The minimum absolute atomic E-state index is 0.0557. The van der Waals surface area contributed by atoms with Crippen LogP contribution in [-0.2, 0) is 9.47 Å². The number of unbranched alkanes of at least 4 members (excludes halogenated alkanes) is 4. The normalized spacial score (nSPS) is 27.8. The molecule has 1 N–H and O–H groups in total. The van der Waals surface area contributed by atoms with Crippen LogP contribution < -0.4 is 0 Å². The first-order valence-electron chi connectivity index (χ1n) is 7.20. The molecular formula is C14H28O3S. The molecule has 0 radical (unpaired) electrons. The number of thioether (sulfide) groups is 1. The van der Waals surface area contributed by atoms with E-state index in [1.807, 2.05) is 18.7 Å². The van der Waals surface area contributed by atoms with Gasteiger partial charge >= 0.3 is 0 Å². The molecule has 0 aromatic heterocycles. The third-order valence-corrected chi connectivity index (χ3v) is 4.36. The van der Waals surface area contributed by atoms with E-state index in [2.05, 4.69) is 6.92 Å². The van der Waals surface area contributed by atoms with E-state index in [1.54, 1.807) is 0 Å². The third kappa shape index (κ3) is 6.41. The van der Waals surface area contributed by atoms with Gasteiger partial charge in [-0.3, -0.25) is 0 Å². The molecule has 1 fully saturated rings. The van der Waals surface area contributed by atoms with Gasteiger partial charge in [0.2, 0.25) is 0 Å². The van der Waals surface area contributed by atoms with Gasteiger partial charge in [0.1, 0.15) is 6.10 Å². The molecule has 0 amide bonds. The van der Waals surface area contributed by atoms with Crippen molar-refractivity contribution in [1.82, 2.24) is 0 Å². The molecule has 1 heterocycles. The van der Waals surface area contributed by atoms with Gasteiger partial charge in [0, 0.05) is 6.42 Å². The molecule has 2 atom stereocenters. The zero-order chi connectivity index (χ0) is 13.3. The Balaban J connectivity index is 1.94. The number of ether oxygens (including phenoxy) is 2. The number of aliphatic hydroxyl groups is 1. The van der Waals surface area contributed by atoms with Crippen LogP contribution in [-0.4, -0.2) is 41.7 Å². The van der Waals surface area contributed by atoms with Crippen molar-refractivity contribution in [3.05, 3.63) is 0 Å². The van der Waals surface area contributed by atoms with E-state index < -0.39 is 5.79 Å². The topological polar surface area (TPSA) is 38.7 Å². The summed E-state index contributed by atoms with van der Waals surface area (Å²) in [6.45, 7) is 4.80. The summed E-state index contributed by atoms with van der Waals surface area (Å²) < 4.78 is 11.3. The van der Waals surface area contributed by atoms with Crippen LogP contribution in [0.25, 0.3) is 0 Å². The molecule has 0 bridgehead atoms. The first-order valence-corrected chi connectivity index (χ1v) is 8.36. The summed E-state index contributed by atoms with van der Waals surface area (Å²) in [4.78, 5) is 0. The predicted octanol–water partition coefficient (Wildman–Crippen LogP) is 3.20. The van der Waals surface area contributed by atoms with E-state index >= 15 is 0 Å². The SMILES string of the molecule is CCCCCCCSCCC1(C)OCC(CO)O1. The molecule has 1 saturated heterocycles. The first kappa shape index (κ1) is 16.3. The van der Waals surface area contributed by atoms with Gasteiger partial charge in [-0.25, -0.2) is 0 Å². The van der Waals surface area contributed by atoms with Gasteiger partial charge in [0.25, 0.3) is 0 Å². The maximum atomic E-state index is 9.00. The highest BCUT2D eigenvalue weighted by molar-refractivity contribution is 7.99. The zero-order valence-corrected chi connectivity index (χ0v) is 12.6. The monoisotopic (exact) mass is 276 g/mol. The fraction of sp³-hybridized carbons (Fsp3) is 1.00. The Morgan fingerprint density at radius 1 is 1.22 bits per heavy atom. The van der Waals surface area contributed by atoms with Crippen LogP contribution in [0.4, 0.5) is 0 Å². The second-order valence-electron chi connectivity index (χ2n) is 5.14. The summed E-state index contributed by atoms with van der Waals surface area (Å²) >= 11 is 1.98. The molecule has 1 aliphatic rings. The molecule has 18 heavy (non-hydrogen) atoms. The fourth-order valence-corrected chi connectivity index (χ4v) is 3.21. The molecule has 0 spiro atoms. The van der Waals surface area contributed by atoms with Crippen molar-refractivity contribution in [1.29, 1.82) is 0 Å². The average molecular weight is 276 g/mol. The molecule has 2 unspecified atom stereocenters. The highest BCUT2D eigenvalue weighted by Gasteiger charge is 2.36. The molecular weight excluding hydrogens is 248 g/mol. The first-order chi connectivity index (χ1) is 8.70. The van der Waals surface area contributed by atoms with Gasteiger partial charge in [-0.1, -0.05) is 32.6 Å². The minimum atomic E-state index is -0.470. The number of rotatable bonds is 10. The highest BCUT2D eigenvalue weighted by Crippen LogP contribution is 2.28. The Kier molecular flexibility index (Phi) is 8.31. The summed E-state index contributed by atoms with van der Waals surface area (Å²) in [7, 11) is 0. The van der Waals surface area contributed by atoms with Crippen molar-refractivity contribution >= 4 is 11.8 Å². The largest absolute Gasteiger partial charge is 0.394 e. The van der Waals surface area contributed by atoms with Gasteiger partial charge in [0.15, 0.2) is 5.79 Å². The highest BCUT2D eigenvalue weighted by atomic mass is 32.2. The lowest BCUT2D eigenvalue weighted by Crippen LogP contribution is -2.28. The Morgan fingerprint density at radius 3 is 2.67 bits per heavy atom. The van der Waals surface area contributed by atoms with Crippen LogP contribution in [0.5, 0.6) is 0 Å². The molecule has 0 aromatic rings. The van der Waals surface area contributed by atoms with Gasteiger partial charge in [-0.2, -0.15) is 11.8 Å². The van der Waals surface area contributed by atoms with Gasteiger partial charge in [-0.05, 0) is 24.9 Å². The Bertz CT molecular complexity index is 213. The lowest BCUT2D eigenvalue weighted by Gasteiger charge is -2.22. The van der Waals surface area contributed by atoms with Gasteiger partial charge < -0.3 is 14.6 Å². The van der Waals surface area contributed by atoms with Crippen molar-refractivity contribution in [2.45, 2.75) is 64.3 Å². The van der Waals surface area contributed by atoms with Crippen molar-refractivity contribution in [2.24, 2.45) is 0 Å². The van der Waals surface area contributed by atoms with E-state index in [4.69, 9.17) is 14.6 Å². The van der Waals surface area contributed by atoms with Gasteiger partial charge in [0.05, 0.1) is 13.2 Å². The summed E-state index contributed by atoms with van der Waals surface area (Å²) in [5, 5.41) is 9.00. The van der Waals surface area contributed by atoms with E-state index in [9.17, 15) is 0 Å². The molecule has 3 nitrogen and oxygen atoms in total. The molecule has 4 heteroatoms. The Labute approximate surface area is 116 Å². The van der Waals surface area contributed by atoms with Crippen molar-refractivity contribution in [3.8, 4) is 0 Å². The predicted molar refractivity (Wildman–Crippen MR) is 77.0 cm³/mol. The molecule has 0 saturated carbocycles. The molecule has 0 aromatic carbocycles. The number of hydrogen-bond donors (Lipinski definition) is 1. The minimum Gasteiger partial charge on any atom is -0.394 e. The van der Waals surface area contributed by atoms with Gasteiger partial charge in [-0.15, -0.1) is 0 Å². The Morgan fingerprint density at radius 2 is 2.00 bits per heavy atom.